The predicted octanol–water partition coefficient (Wildman–Crippen LogP) is 0.742. The van der Waals surface area contributed by atoms with Crippen molar-refractivity contribution in [2.45, 2.75) is 0 Å². The molecule has 0 amide bonds. The van der Waals surface area contributed by atoms with Crippen molar-refractivity contribution in [2.75, 3.05) is 54.2 Å². The molecule has 0 aliphatic heterocycles. The first-order valence-corrected chi connectivity index (χ1v) is 9.99. The Balaban J connectivity index is 3.93. The van der Waals surface area contributed by atoms with Gasteiger partial charge in [-0.2, -0.15) is 0 Å². The summed E-state index contributed by atoms with van der Waals surface area (Å²) in [5.41, 5.74) is 0. The van der Waals surface area contributed by atoms with E-state index in [4.69, 9.17) is 15.3 Å². The number of nitrogens with zero attached hydrogens (tertiary/aromatic N) is 1. The Bertz CT molecular complexity index is 303. The summed E-state index contributed by atoms with van der Waals surface area (Å²) in [4.78, 5) is 33.4. The van der Waals surface area contributed by atoms with Crippen LogP contribution in [0.15, 0.2) is 0 Å². The fourth-order valence-electron chi connectivity index (χ4n) is 1.39. The van der Waals surface area contributed by atoms with Crippen molar-refractivity contribution in [1.82, 2.24) is 4.90 Å². The average Bonchev–Trinajstić information content (AvgIpc) is 2.42. The SMILES string of the molecule is O=C(O)CSCCN(CCSCC(=O)O)CCSCC(=O)O. The van der Waals surface area contributed by atoms with E-state index >= 15 is 0 Å². The predicted molar refractivity (Wildman–Crippen MR) is 91.3 cm³/mol. The lowest BCUT2D eigenvalue weighted by molar-refractivity contribution is -0.134. The fraction of sp³-hybridized carbons (Fsp3) is 0.750. The third-order valence-electron chi connectivity index (χ3n) is 2.33. The van der Waals surface area contributed by atoms with E-state index in [-0.39, 0.29) is 17.3 Å². The summed E-state index contributed by atoms with van der Waals surface area (Å²) in [5.74, 6) is -0.291. The third-order valence-corrected chi connectivity index (χ3v) is 5.10. The molecule has 0 bridgehead atoms. The van der Waals surface area contributed by atoms with Crippen LogP contribution in [0, 0.1) is 0 Å². The first kappa shape index (κ1) is 21.4. The Hall–Kier alpha value is -0.580. The van der Waals surface area contributed by atoms with Gasteiger partial charge in [-0.3, -0.25) is 14.4 Å². The van der Waals surface area contributed by atoms with Crippen LogP contribution in [0.4, 0.5) is 0 Å². The van der Waals surface area contributed by atoms with Crippen LogP contribution in [0.5, 0.6) is 0 Å². The summed E-state index contributed by atoms with van der Waals surface area (Å²) in [7, 11) is 0. The van der Waals surface area contributed by atoms with Gasteiger partial charge in [0.2, 0.25) is 0 Å². The topological polar surface area (TPSA) is 115 Å². The highest BCUT2D eigenvalue weighted by atomic mass is 32.2. The highest BCUT2D eigenvalue weighted by Crippen LogP contribution is 2.07. The lowest BCUT2D eigenvalue weighted by atomic mass is 10.5. The van der Waals surface area contributed by atoms with Crippen LogP contribution in [0.1, 0.15) is 0 Å². The van der Waals surface area contributed by atoms with Gasteiger partial charge in [-0.1, -0.05) is 0 Å². The highest BCUT2D eigenvalue weighted by molar-refractivity contribution is 8.00. The van der Waals surface area contributed by atoms with Gasteiger partial charge in [-0.15, -0.1) is 35.3 Å². The van der Waals surface area contributed by atoms with E-state index in [2.05, 4.69) is 4.90 Å². The molecule has 128 valence electrons. The summed E-state index contributed by atoms with van der Waals surface area (Å²) in [6, 6.07) is 0. The lowest BCUT2D eigenvalue weighted by Crippen LogP contribution is -2.31. The Morgan fingerprint density at radius 2 is 0.909 bits per heavy atom. The molecular weight excluding hydrogens is 350 g/mol. The van der Waals surface area contributed by atoms with Crippen LogP contribution in [-0.2, 0) is 14.4 Å². The molecule has 22 heavy (non-hydrogen) atoms. The zero-order valence-electron chi connectivity index (χ0n) is 12.1. The highest BCUT2D eigenvalue weighted by Gasteiger charge is 2.07. The molecule has 0 fully saturated rings. The van der Waals surface area contributed by atoms with Gasteiger partial charge in [0.05, 0.1) is 17.3 Å². The quantitative estimate of drug-likeness (QED) is 0.356. The van der Waals surface area contributed by atoms with Crippen molar-refractivity contribution in [3.05, 3.63) is 0 Å². The molecular formula is C12H21NO6S3. The summed E-state index contributed by atoms with van der Waals surface area (Å²) >= 11 is 4.00. The van der Waals surface area contributed by atoms with E-state index < -0.39 is 17.9 Å². The number of hydrogen-bond acceptors (Lipinski definition) is 7. The van der Waals surface area contributed by atoms with Crippen molar-refractivity contribution in [2.24, 2.45) is 0 Å². The average molecular weight is 372 g/mol. The second-order valence-electron chi connectivity index (χ2n) is 4.18. The molecule has 0 aromatic rings. The molecule has 0 aromatic heterocycles. The number of aliphatic carboxylic acids is 3. The minimum Gasteiger partial charge on any atom is -0.481 e. The normalized spacial score (nSPS) is 10.8. The molecule has 0 rings (SSSR count). The van der Waals surface area contributed by atoms with Crippen molar-refractivity contribution in [1.29, 1.82) is 0 Å². The molecule has 0 unspecified atom stereocenters. The molecule has 0 aliphatic carbocycles. The van der Waals surface area contributed by atoms with Crippen LogP contribution in [0.25, 0.3) is 0 Å². The Kier molecular flexibility index (Phi) is 13.7. The van der Waals surface area contributed by atoms with E-state index in [1.807, 2.05) is 0 Å². The largest absolute Gasteiger partial charge is 0.481 e. The van der Waals surface area contributed by atoms with Gasteiger partial charge in [0, 0.05) is 36.9 Å². The van der Waals surface area contributed by atoms with Crippen LogP contribution < -0.4 is 0 Å². The fourth-order valence-corrected chi connectivity index (χ4v) is 3.51. The molecule has 0 atom stereocenters. The van der Waals surface area contributed by atoms with Gasteiger partial charge in [-0.25, -0.2) is 0 Å². The molecule has 0 aromatic carbocycles. The summed E-state index contributed by atoms with van der Waals surface area (Å²) in [6.45, 7) is 2.12. The molecule has 0 heterocycles. The summed E-state index contributed by atoms with van der Waals surface area (Å²) < 4.78 is 0. The molecule has 10 heteroatoms. The van der Waals surface area contributed by atoms with E-state index in [1.54, 1.807) is 0 Å². The molecule has 0 radical (unpaired) electrons. The number of carbonyl (C=O) groups is 3. The number of hydrogen-bond donors (Lipinski definition) is 3. The number of thioether (sulfide) groups is 3. The van der Waals surface area contributed by atoms with Crippen LogP contribution in [-0.4, -0.2) is 92.3 Å². The number of rotatable bonds is 15. The summed E-state index contributed by atoms with van der Waals surface area (Å²) in [6.07, 6.45) is 0. The molecule has 7 nitrogen and oxygen atoms in total. The van der Waals surface area contributed by atoms with Gasteiger partial charge in [0.25, 0.3) is 0 Å². The second kappa shape index (κ2) is 14.0. The van der Waals surface area contributed by atoms with E-state index in [0.717, 1.165) is 0 Å². The van der Waals surface area contributed by atoms with Crippen LogP contribution in [0.2, 0.25) is 0 Å². The monoisotopic (exact) mass is 371 g/mol. The van der Waals surface area contributed by atoms with Gasteiger partial charge < -0.3 is 20.2 Å². The van der Waals surface area contributed by atoms with Gasteiger partial charge >= 0.3 is 17.9 Å². The van der Waals surface area contributed by atoms with Crippen LogP contribution in [0.3, 0.4) is 0 Å². The zero-order chi connectivity index (χ0) is 16.8. The molecule has 0 spiro atoms. The third kappa shape index (κ3) is 15.8. The standard InChI is InChI=1S/C12H21NO6S3/c14-10(15)7-20-4-1-13(2-5-21-8-11(16)17)3-6-22-9-12(18)19/h1-9H2,(H,14,15)(H,16,17)(H,18,19). The first-order valence-electron chi connectivity index (χ1n) is 6.52. The minimum absolute atomic E-state index is 0.0648. The lowest BCUT2D eigenvalue weighted by Gasteiger charge is -2.21. The van der Waals surface area contributed by atoms with Crippen molar-refractivity contribution < 1.29 is 29.7 Å². The number of carboxylic acid groups (broad SMARTS) is 3. The first-order chi connectivity index (χ1) is 10.4. The van der Waals surface area contributed by atoms with Crippen molar-refractivity contribution >= 4 is 53.2 Å². The van der Waals surface area contributed by atoms with Gasteiger partial charge in [-0.05, 0) is 0 Å². The Labute approximate surface area is 142 Å². The van der Waals surface area contributed by atoms with Crippen molar-refractivity contribution in [3.8, 4) is 0 Å². The maximum atomic E-state index is 10.4. The van der Waals surface area contributed by atoms with Gasteiger partial charge in [0.1, 0.15) is 0 Å². The number of carboxylic acids is 3. The maximum Gasteiger partial charge on any atom is 0.313 e. The Morgan fingerprint density at radius 1 is 0.636 bits per heavy atom. The smallest absolute Gasteiger partial charge is 0.313 e. The molecule has 0 saturated carbocycles. The van der Waals surface area contributed by atoms with E-state index in [1.165, 1.54) is 35.3 Å². The molecule has 0 aliphatic rings. The van der Waals surface area contributed by atoms with E-state index in [9.17, 15) is 14.4 Å². The van der Waals surface area contributed by atoms with Crippen molar-refractivity contribution in [3.63, 3.8) is 0 Å². The summed E-state index contributed by atoms with van der Waals surface area (Å²) in [5, 5.41) is 25.7. The van der Waals surface area contributed by atoms with Crippen LogP contribution >= 0.6 is 35.3 Å². The second-order valence-corrected chi connectivity index (χ2v) is 7.50. The van der Waals surface area contributed by atoms with E-state index in [0.29, 0.717) is 36.9 Å². The minimum atomic E-state index is -0.842. The maximum absolute atomic E-state index is 10.4. The molecule has 0 saturated heterocycles. The zero-order valence-corrected chi connectivity index (χ0v) is 14.6. The van der Waals surface area contributed by atoms with Gasteiger partial charge in [0.15, 0.2) is 0 Å². The molecule has 3 N–H and O–H groups in total. The Morgan fingerprint density at radius 3 is 1.14 bits per heavy atom.